The number of amides is 1. The summed E-state index contributed by atoms with van der Waals surface area (Å²) in [5, 5.41) is 7.75. The molecule has 142 valence electrons. The molecule has 1 aliphatic carbocycles. The van der Waals surface area contributed by atoms with Gasteiger partial charge in [-0.3, -0.25) is 9.48 Å². The van der Waals surface area contributed by atoms with Crippen molar-refractivity contribution in [3.8, 4) is 0 Å². The standard InChI is InChI=1S/C20H28N4O.ClH/c1-14-19(12-22-20(25)17-9-6-10-18(21)11-17)15(2)24(23-14)13-16-7-4-3-5-8-16;/h3-5,7-8,17-18H,6,9-13,21H2,1-2H3,(H,22,25);1H. The van der Waals surface area contributed by atoms with Gasteiger partial charge in [0.05, 0.1) is 12.2 Å². The molecular weight excluding hydrogens is 348 g/mol. The van der Waals surface area contributed by atoms with Gasteiger partial charge in [0.1, 0.15) is 0 Å². The predicted molar refractivity (Wildman–Crippen MR) is 106 cm³/mol. The molecule has 3 N–H and O–H groups in total. The molecule has 1 saturated carbocycles. The van der Waals surface area contributed by atoms with Gasteiger partial charge in [0.25, 0.3) is 0 Å². The van der Waals surface area contributed by atoms with Crippen LogP contribution in [0.2, 0.25) is 0 Å². The van der Waals surface area contributed by atoms with Gasteiger partial charge in [-0.25, -0.2) is 0 Å². The largest absolute Gasteiger partial charge is 0.352 e. The summed E-state index contributed by atoms with van der Waals surface area (Å²) in [7, 11) is 0. The van der Waals surface area contributed by atoms with Gasteiger partial charge in [0.15, 0.2) is 0 Å². The number of halogens is 1. The molecule has 0 bridgehead atoms. The number of aromatic nitrogens is 2. The van der Waals surface area contributed by atoms with Crippen LogP contribution < -0.4 is 11.1 Å². The molecule has 0 saturated heterocycles. The van der Waals surface area contributed by atoms with Gasteiger partial charge >= 0.3 is 0 Å². The van der Waals surface area contributed by atoms with E-state index in [0.29, 0.717) is 6.54 Å². The van der Waals surface area contributed by atoms with E-state index < -0.39 is 0 Å². The zero-order chi connectivity index (χ0) is 17.8. The molecule has 1 aromatic carbocycles. The Morgan fingerprint density at radius 3 is 2.69 bits per heavy atom. The Morgan fingerprint density at radius 2 is 2.00 bits per heavy atom. The molecule has 1 aliphatic rings. The second-order valence-corrected chi connectivity index (χ2v) is 7.13. The van der Waals surface area contributed by atoms with E-state index in [0.717, 1.165) is 49.2 Å². The molecular formula is C20H29ClN4O. The second-order valence-electron chi connectivity index (χ2n) is 7.13. The van der Waals surface area contributed by atoms with Crippen LogP contribution in [0.3, 0.4) is 0 Å². The summed E-state index contributed by atoms with van der Waals surface area (Å²) >= 11 is 0. The lowest BCUT2D eigenvalue weighted by Gasteiger charge is -2.25. The Hall–Kier alpha value is -1.85. The number of aryl methyl sites for hydroxylation is 1. The normalized spacial score (nSPS) is 19.7. The van der Waals surface area contributed by atoms with Crippen LogP contribution in [-0.2, 0) is 17.9 Å². The lowest BCUT2D eigenvalue weighted by molar-refractivity contribution is -0.126. The lowest BCUT2D eigenvalue weighted by atomic mass is 9.85. The van der Waals surface area contributed by atoms with Gasteiger partial charge in [-0.05, 0) is 38.7 Å². The summed E-state index contributed by atoms with van der Waals surface area (Å²) in [6, 6.07) is 10.5. The topological polar surface area (TPSA) is 72.9 Å². The first-order valence-corrected chi connectivity index (χ1v) is 9.14. The molecule has 0 aliphatic heterocycles. The number of nitrogens with two attached hydrogens (primary N) is 1. The monoisotopic (exact) mass is 376 g/mol. The second kappa shape index (κ2) is 9.19. The van der Waals surface area contributed by atoms with Crippen LogP contribution in [0.1, 0.15) is 48.2 Å². The van der Waals surface area contributed by atoms with Crippen molar-refractivity contribution in [3.05, 3.63) is 52.8 Å². The van der Waals surface area contributed by atoms with E-state index in [1.807, 2.05) is 29.8 Å². The third-order valence-electron chi connectivity index (χ3n) is 5.23. The summed E-state index contributed by atoms with van der Waals surface area (Å²) < 4.78 is 2.02. The average molecular weight is 377 g/mol. The van der Waals surface area contributed by atoms with Gasteiger partial charge in [-0.2, -0.15) is 5.10 Å². The van der Waals surface area contributed by atoms with Gasteiger partial charge < -0.3 is 11.1 Å². The van der Waals surface area contributed by atoms with Crippen LogP contribution in [-0.4, -0.2) is 21.7 Å². The zero-order valence-corrected chi connectivity index (χ0v) is 16.4. The van der Waals surface area contributed by atoms with Crippen LogP contribution in [0.4, 0.5) is 0 Å². The fourth-order valence-corrected chi connectivity index (χ4v) is 3.69. The van der Waals surface area contributed by atoms with Crippen molar-refractivity contribution in [1.82, 2.24) is 15.1 Å². The summed E-state index contributed by atoms with van der Waals surface area (Å²) in [4.78, 5) is 12.4. The van der Waals surface area contributed by atoms with Crippen molar-refractivity contribution in [2.75, 3.05) is 0 Å². The Labute approximate surface area is 161 Å². The molecule has 0 radical (unpaired) electrons. The van der Waals surface area contributed by atoms with E-state index in [1.54, 1.807) is 0 Å². The minimum atomic E-state index is 0. The zero-order valence-electron chi connectivity index (χ0n) is 15.6. The number of nitrogens with zero attached hydrogens (tertiary/aromatic N) is 2. The van der Waals surface area contributed by atoms with Gasteiger partial charge in [0.2, 0.25) is 5.91 Å². The fraction of sp³-hybridized carbons (Fsp3) is 0.500. The third-order valence-corrected chi connectivity index (χ3v) is 5.23. The van der Waals surface area contributed by atoms with Gasteiger partial charge in [0, 0.05) is 29.8 Å². The fourth-order valence-electron chi connectivity index (χ4n) is 3.69. The molecule has 1 amide bonds. The Bertz CT molecular complexity index is 729. The van der Waals surface area contributed by atoms with Crippen LogP contribution in [0.25, 0.3) is 0 Å². The highest BCUT2D eigenvalue weighted by Crippen LogP contribution is 2.23. The highest BCUT2D eigenvalue weighted by molar-refractivity contribution is 5.85. The molecule has 1 aromatic heterocycles. The highest BCUT2D eigenvalue weighted by Gasteiger charge is 2.25. The molecule has 26 heavy (non-hydrogen) atoms. The first-order valence-electron chi connectivity index (χ1n) is 9.14. The minimum Gasteiger partial charge on any atom is -0.352 e. The van der Waals surface area contributed by atoms with E-state index in [1.165, 1.54) is 5.56 Å². The molecule has 2 unspecified atom stereocenters. The number of carbonyl (C=O) groups excluding carboxylic acids is 1. The minimum absolute atomic E-state index is 0. The van der Waals surface area contributed by atoms with Crippen LogP contribution in [0, 0.1) is 19.8 Å². The average Bonchev–Trinajstić information content (AvgIpc) is 2.87. The number of nitrogens with one attached hydrogen (secondary N) is 1. The SMILES string of the molecule is Cc1nn(Cc2ccccc2)c(C)c1CNC(=O)C1CCCC(N)C1.Cl. The van der Waals surface area contributed by atoms with E-state index in [2.05, 4.69) is 29.5 Å². The van der Waals surface area contributed by atoms with Gasteiger partial charge in [-0.15, -0.1) is 12.4 Å². The van der Waals surface area contributed by atoms with E-state index in [-0.39, 0.29) is 30.3 Å². The number of hydrogen-bond donors (Lipinski definition) is 2. The maximum absolute atomic E-state index is 12.4. The summed E-state index contributed by atoms with van der Waals surface area (Å²) in [6.45, 7) is 5.36. The number of hydrogen-bond acceptors (Lipinski definition) is 3. The Morgan fingerprint density at radius 1 is 1.27 bits per heavy atom. The molecule has 0 spiro atoms. The van der Waals surface area contributed by atoms with E-state index >= 15 is 0 Å². The Balaban J connectivity index is 0.00000243. The lowest BCUT2D eigenvalue weighted by Crippen LogP contribution is -2.37. The molecule has 6 heteroatoms. The Kier molecular flexibility index (Phi) is 7.23. The molecule has 1 fully saturated rings. The summed E-state index contributed by atoms with van der Waals surface area (Å²) in [5.74, 6) is 0.188. The molecule has 2 aromatic rings. The third kappa shape index (κ3) is 4.86. The molecule has 2 atom stereocenters. The molecule has 1 heterocycles. The van der Waals surface area contributed by atoms with Crippen molar-refractivity contribution in [2.45, 2.75) is 58.7 Å². The number of rotatable bonds is 5. The van der Waals surface area contributed by atoms with E-state index in [9.17, 15) is 4.79 Å². The quantitative estimate of drug-likeness (QED) is 0.842. The maximum atomic E-state index is 12.4. The predicted octanol–water partition coefficient (Wildman–Crippen LogP) is 3.10. The van der Waals surface area contributed by atoms with Crippen molar-refractivity contribution < 1.29 is 4.79 Å². The molecule has 5 nitrogen and oxygen atoms in total. The first-order chi connectivity index (χ1) is 12.0. The van der Waals surface area contributed by atoms with Gasteiger partial charge in [-0.1, -0.05) is 36.8 Å². The maximum Gasteiger partial charge on any atom is 0.223 e. The summed E-state index contributed by atoms with van der Waals surface area (Å²) in [5.41, 5.74) is 10.4. The highest BCUT2D eigenvalue weighted by atomic mass is 35.5. The number of carbonyl (C=O) groups is 1. The van der Waals surface area contributed by atoms with Crippen molar-refractivity contribution >= 4 is 18.3 Å². The van der Waals surface area contributed by atoms with Crippen molar-refractivity contribution in [2.24, 2.45) is 11.7 Å². The van der Waals surface area contributed by atoms with Crippen molar-refractivity contribution in [1.29, 1.82) is 0 Å². The molecule has 3 rings (SSSR count). The van der Waals surface area contributed by atoms with E-state index in [4.69, 9.17) is 5.73 Å². The van der Waals surface area contributed by atoms with Crippen molar-refractivity contribution in [3.63, 3.8) is 0 Å². The van der Waals surface area contributed by atoms with Crippen LogP contribution >= 0.6 is 12.4 Å². The first kappa shape index (κ1) is 20.5. The van der Waals surface area contributed by atoms with Crippen LogP contribution in [0.15, 0.2) is 30.3 Å². The van der Waals surface area contributed by atoms with Crippen LogP contribution in [0.5, 0.6) is 0 Å². The smallest absolute Gasteiger partial charge is 0.223 e. The number of benzene rings is 1. The summed E-state index contributed by atoms with van der Waals surface area (Å²) in [6.07, 6.45) is 3.84.